The second kappa shape index (κ2) is 21.5. The van der Waals surface area contributed by atoms with E-state index < -0.39 is 54.6 Å². The summed E-state index contributed by atoms with van der Waals surface area (Å²) in [6.07, 6.45) is 0.682. The molecule has 0 spiro atoms. The maximum Gasteiger partial charge on any atom is 0.336 e. The average Bonchev–Trinajstić information content (AvgIpc) is 3.20. The van der Waals surface area contributed by atoms with Crippen molar-refractivity contribution in [3.05, 3.63) is 118 Å². The number of ether oxygens (including phenoxy) is 3. The molecule has 0 saturated heterocycles. The van der Waals surface area contributed by atoms with Gasteiger partial charge in [0.15, 0.2) is 0 Å². The van der Waals surface area contributed by atoms with E-state index in [1.54, 1.807) is 18.2 Å². The van der Waals surface area contributed by atoms with Crippen LogP contribution in [0.15, 0.2) is 50.8 Å². The van der Waals surface area contributed by atoms with Gasteiger partial charge in [0.2, 0.25) is 0 Å². The van der Waals surface area contributed by atoms with Crippen LogP contribution < -0.4 is 17.1 Å². The van der Waals surface area contributed by atoms with Crippen LogP contribution in [-0.4, -0.2) is 66.7 Å². The number of aromatic nitrogens is 3. The molecule has 0 radical (unpaired) electrons. The monoisotopic (exact) mass is 915 g/mol. The summed E-state index contributed by atoms with van der Waals surface area (Å²) in [5.41, 5.74) is 3.44. The number of aryl methyl sites for hydroxylation is 6. The third kappa shape index (κ3) is 13.7. The van der Waals surface area contributed by atoms with Gasteiger partial charge in [-0.15, -0.1) is 0 Å². The number of rotatable bonds is 18. The second-order valence-electron chi connectivity index (χ2n) is 20.1. The zero-order chi connectivity index (χ0) is 49.5. The van der Waals surface area contributed by atoms with Gasteiger partial charge in [-0.3, -0.25) is 14.4 Å². The molecule has 0 aliphatic heterocycles. The third-order valence-electron chi connectivity index (χ3n) is 11.7. The van der Waals surface area contributed by atoms with E-state index in [4.69, 9.17) is 14.2 Å². The molecule has 4 aromatic rings. The smallest absolute Gasteiger partial charge is 0.336 e. The van der Waals surface area contributed by atoms with Crippen molar-refractivity contribution in [1.29, 1.82) is 0 Å². The first-order valence-corrected chi connectivity index (χ1v) is 22.5. The summed E-state index contributed by atoms with van der Waals surface area (Å²) in [5.74, 6) is -1.45. The largest absolute Gasteiger partial charge is 0.508 e. The minimum absolute atomic E-state index is 0.0452. The van der Waals surface area contributed by atoms with Gasteiger partial charge in [0.25, 0.3) is 0 Å². The van der Waals surface area contributed by atoms with Crippen LogP contribution >= 0.6 is 0 Å². The Morgan fingerprint density at radius 3 is 0.879 bits per heavy atom. The first kappa shape index (κ1) is 52.5. The number of hydrogen-bond acceptors (Lipinski definition) is 12. The minimum Gasteiger partial charge on any atom is -0.508 e. The Hall–Kier alpha value is -6.12. The number of esters is 3. The lowest BCUT2D eigenvalue weighted by Gasteiger charge is -2.22. The predicted molar refractivity (Wildman–Crippen MR) is 252 cm³/mol. The van der Waals surface area contributed by atoms with E-state index in [9.17, 15) is 44.1 Å². The molecule has 3 aromatic carbocycles. The lowest BCUT2D eigenvalue weighted by Crippen LogP contribution is -2.55. The molecule has 4 rings (SSSR count). The summed E-state index contributed by atoms with van der Waals surface area (Å²) < 4.78 is 18.4. The average molecular weight is 916 g/mol. The first-order chi connectivity index (χ1) is 30.6. The van der Waals surface area contributed by atoms with Crippen LogP contribution in [0.5, 0.6) is 17.2 Å². The minimum atomic E-state index is -1.02. The van der Waals surface area contributed by atoms with Gasteiger partial charge in [-0.1, -0.05) is 80.5 Å². The Morgan fingerprint density at radius 1 is 0.439 bits per heavy atom. The van der Waals surface area contributed by atoms with E-state index >= 15 is 0 Å². The summed E-state index contributed by atoms with van der Waals surface area (Å²) in [6.45, 7) is 21.2. The van der Waals surface area contributed by atoms with Gasteiger partial charge in [-0.05, 0) is 125 Å². The highest BCUT2D eigenvalue weighted by Crippen LogP contribution is 2.35. The SMILES string of the molecule is Cc1cc(C(C)(C)C)c(O)cc1CCC(=O)OCCn1c(=O)n(CCOC(=O)CCc2cc(O)c(C(C)(C)C)cc2C)c(=O)n(CCOC(=O)CCc2cc(O)c(C(C)(C)C)cc2C)c1=O. The van der Waals surface area contributed by atoms with Crippen LogP contribution in [0.25, 0.3) is 0 Å². The van der Waals surface area contributed by atoms with Crippen LogP contribution in [-0.2, 0) is 83.7 Å². The van der Waals surface area contributed by atoms with Crippen molar-refractivity contribution in [3.8, 4) is 17.2 Å². The van der Waals surface area contributed by atoms with Crippen LogP contribution in [0.3, 0.4) is 0 Å². The molecule has 360 valence electrons. The summed E-state index contributed by atoms with van der Waals surface area (Å²) in [6, 6.07) is 10.6. The standard InChI is InChI=1S/C51H69N3O12/c1-31-25-37(49(4,5)6)40(55)28-34(31)13-16-43(58)64-22-19-52-46(61)53(20-23-65-44(59)17-14-35-29-41(56)38(26-32(35)2)50(7,8)9)48(63)54(47(52)62)21-24-66-45(60)18-15-36-30-42(57)39(27-33(36)3)51(10,11)12/h25-30,55-57H,13-24H2,1-12H3. The van der Waals surface area contributed by atoms with Crippen molar-refractivity contribution in [1.82, 2.24) is 13.7 Å². The molecule has 0 aliphatic carbocycles. The van der Waals surface area contributed by atoms with E-state index in [-0.39, 0.29) is 91.8 Å². The third-order valence-corrected chi connectivity index (χ3v) is 11.7. The highest BCUT2D eigenvalue weighted by Gasteiger charge is 2.23. The maximum atomic E-state index is 13.7. The van der Waals surface area contributed by atoms with Gasteiger partial charge >= 0.3 is 35.0 Å². The van der Waals surface area contributed by atoms with Crippen LogP contribution in [0.4, 0.5) is 0 Å². The molecule has 0 fully saturated rings. The molecule has 1 aromatic heterocycles. The molecular weight excluding hydrogens is 847 g/mol. The van der Waals surface area contributed by atoms with Crippen molar-refractivity contribution in [2.75, 3.05) is 19.8 Å². The fraction of sp³-hybridized carbons (Fsp3) is 0.529. The molecule has 15 nitrogen and oxygen atoms in total. The van der Waals surface area contributed by atoms with Gasteiger partial charge in [-0.2, -0.15) is 0 Å². The summed E-state index contributed by atoms with van der Waals surface area (Å²) in [5, 5.41) is 31.9. The number of carbonyl (C=O) groups excluding carboxylic acids is 3. The van der Waals surface area contributed by atoms with Gasteiger partial charge in [0, 0.05) is 19.3 Å². The molecule has 0 bridgehead atoms. The zero-order valence-electron chi connectivity index (χ0n) is 40.8. The van der Waals surface area contributed by atoms with Crippen molar-refractivity contribution < 1.29 is 43.9 Å². The highest BCUT2D eigenvalue weighted by molar-refractivity contribution is 5.71. The second-order valence-corrected chi connectivity index (χ2v) is 20.1. The van der Waals surface area contributed by atoms with Crippen LogP contribution in [0, 0.1) is 20.8 Å². The molecule has 0 saturated carbocycles. The van der Waals surface area contributed by atoms with Gasteiger partial charge in [0.1, 0.15) is 37.1 Å². The van der Waals surface area contributed by atoms with Gasteiger partial charge in [0.05, 0.1) is 19.6 Å². The zero-order valence-corrected chi connectivity index (χ0v) is 40.8. The molecular formula is C51H69N3O12. The molecule has 3 N–H and O–H groups in total. The van der Waals surface area contributed by atoms with E-state index in [0.29, 0.717) is 0 Å². The molecule has 1 heterocycles. The molecule has 0 atom stereocenters. The van der Waals surface area contributed by atoms with Crippen molar-refractivity contribution >= 4 is 17.9 Å². The predicted octanol–water partition coefficient (Wildman–Crippen LogP) is 6.63. The lowest BCUT2D eigenvalue weighted by molar-refractivity contribution is -0.144. The maximum absolute atomic E-state index is 13.7. The fourth-order valence-electron chi connectivity index (χ4n) is 7.76. The Labute approximate surface area is 387 Å². The number of phenolic OH excluding ortho intramolecular Hbond substituents is 3. The first-order valence-electron chi connectivity index (χ1n) is 22.5. The fourth-order valence-corrected chi connectivity index (χ4v) is 7.76. The van der Waals surface area contributed by atoms with Crippen molar-refractivity contribution in [2.45, 2.75) is 157 Å². The molecule has 0 unspecified atom stereocenters. The number of hydrogen-bond donors (Lipinski definition) is 3. The summed E-state index contributed by atoms with van der Waals surface area (Å²) in [4.78, 5) is 79.5. The molecule has 0 aliphatic rings. The summed E-state index contributed by atoms with van der Waals surface area (Å²) in [7, 11) is 0. The number of carbonyl (C=O) groups is 3. The van der Waals surface area contributed by atoms with E-state index in [0.717, 1.165) is 63.8 Å². The van der Waals surface area contributed by atoms with E-state index in [1.165, 1.54) is 0 Å². The quantitative estimate of drug-likeness (QED) is 0.0711. The normalized spacial score (nSPS) is 12.0. The topological polar surface area (TPSA) is 206 Å². The molecule has 0 amide bonds. The van der Waals surface area contributed by atoms with Crippen molar-refractivity contribution in [2.24, 2.45) is 0 Å². The Bertz CT molecular complexity index is 2300. The van der Waals surface area contributed by atoms with Gasteiger partial charge in [-0.25, -0.2) is 28.1 Å². The number of phenols is 3. The van der Waals surface area contributed by atoms with E-state index in [1.807, 2.05) is 101 Å². The van der Waals surface area contributed by atoms with Gasteiger partial charge < -0.3 is 29.5 Å². The van der Waals surface area contributed by atoms with Crippen LogP contribution in [0.1, 0.15) is 132 Å². The lowest BCUT2D eigenvalue weighted by atomic mass is 9.84. The number of aromatic hydroxyl groups is 3. The number of nitrogens with zero attached hydrogens (tertiary/aromatic N) is 3. The molecule has 15 heteroatoms. The van der Waals surface area contributed by atoms with Crippen molar-refractivity contribution in [3.63, 3.8) is 0 Å². The number of benzene rings is 3. The molecule has 66 heavy (non-hydrogen) atoms. The van der Waals surface area contributed by atoms with E-state index in [2.05, 4.69) is 0 Å². The summed E-state index contributed by atoms with van der Waals surface area (Å²) >= 11 is 0. The Morgan fingerprint density at radius 2 is 0.667 bits per heavy atom. The Kier molecular flexibility index (Phi) is 17.1. The highest BCUT2D eigenvalue weighted by atomic mass is 16.5. The van der Waals surface area contributed by atoms with Crippen LogP contribution in [0.2, 0.25) is 0 Å². The Balaban J connectivity index is 1.46.